The van der Waals surface area contributed by atoms with Crippen molar-refractivity contribution in [2.45, 2.75) is 19.8 Å². The van der Waals surface area contributed by atoms with Crippen molar-refractivity contribution in [3.05, 3.63) is 68.6 Å². The molecule has 1 amide bonds. The molecule has 0 aliphatic carbocycles. The number of aryl methyl sites for hydroxylation is 2. The molecule has 4 rings (SSSR count). The van der Waals surface area contributed by atoms with Gasteiger partial charge >= 0.3 is 11.7 Å². The number of hydrogen-bond acceptors (Lipinski definition) is 7. The van der Waals surface area contributed by atoms with E-state index in [2.05, 4.69) is 0 Å². The molecule has 0 spiro atoms. The molecule has 11 heteroatoms. The number of thiocarbonyl (C=S) groups is 1. The Labute approximate surface area is 210 Å². The average Bonchev–Trinajstić information content (AvgIpc) is 3.23. The summed E-state index contributed by atoms with van der Waals surface area (Å²) in [6.07, 6.45) is 1.90. The van der Waals surface area contributed by atoms with Crippen LogP contribution in [-0.2, 0) is 16.6 Å². The molecule has 1 saturated heterocycles. The molecule has 1 aromatic heterocycles. The number of para-hydroxylation sites is 1. The van der Waals surface area contributed by atoms with Crippen molar-refractivity contribution in [1.82, 2.24) is 9.47 Å². The zero-order chi connectivity index (χ0) is 25.3. The highest BCUT2D eigenvalue weighted by molar-refractivity contribution is 8.26. The number of thioether (sulfide) groups is 1. The number of nitrogens with zero attached hydrogens (tertiary/aromatic N) is 3. The normalized spacial score (nSPS) is 14.8. The van der Waals surface area contributed by atoms with Gasteiger partial charge in [-0.05, 0) is 37.1 Å². The SMILES string of the molecule is Cc1ccc(Oc2c(C=C3SC(=S)N(CCCC(=O)O)C3=O)c3ccccc3n2C)c([N+](=O)[O-])c1. The first kappa shape index (κ1) is 24.4. The van der Waals surface area contributed by atoms with Crippen LogP contribution in [0.4, 0.5) is 5.69 Å². The van der Waals surface area contributed by atoms with E-state index >= 15 is 0 Å². The predicted octanol–water partition coefficient (Wildman–Crippen LogP) is 5.25. The summed E-state index contributed by atoms with van der Waals surface area (Å²) >= 11 is 6.48. The zero-order valence-electron chi connectivity index (χ0n) is 18.9. The van der Waals surface area contributed by atoms with Crippen LogP contribution in [0, 0.1) is 17.0 Å². The fourth-order valence-electron chi connectivity index (χ4n) is 3.83. The lowest BCUT2D eigenvalue weighted by Crippen LogP contribution is -2.29. The number of aromatic nitrogens is 1. The van der Waals surface area contributed by atoms with E-state index in [1.807, 2.05) is 24.3 Å². The summed E-state index contributed by atoms with van der Waals surface area (Å²) in [4.78, 5) is 36.8. The third kappa shape index (κ3) is 4.91. The summed E-state index contributed by atoms with van der Waals surface area (Å²) in [6, 6.07) is 12.2. The minimum Gasteiger partial charge on any atom is -0.481 e. The summed E-state index contributed by atoms with van der Waals surface area (Å²) in [6.45, 7) is 1.97. The van der Waals surface area contributed by atoms with Crippen LogP contribution in [0.3, 0.4) is 0 Å². The van der Waals surface area contributed by atoms with E-state index in [4.69, 9.17) is 22.1 Å². The minimum absolute atomic E-state index is 0.0627. The van der Waals surface area contributed by atoms with Crippen molar-refractivity contribution in [2.24, 2.45) is 7.05 Å². The number of aliphatic carboxylic acids is 1. The van der Waals surface area contributed by atoms with Gasteiger partial charge in [-0.3, -0.25) is 24.6 Å². The first-order chi connectivity index (χ1) is 16.7. The van der Waals surface area contributed by atoms with Gasteiger partial charge in [0.1, 0.15) is 4.32 Å². The lowest BCUT2D eigenvalue weighted by atomic mass is 10.1. The summed E-state index contributed by atoms with van der Waals surface area (Å²) in [7, 11) is 1.78. The summed E-state index contributed by atoms with van der Waals surface area (Å²) in [5.41, 5.74) is 1.98. The van der Waals surface area contributed by atoms with Crippen LogP contribution in [0.2, 0.25) is 0 Å². The highest BCUT2D eigenvalue weighted by Gasteiger charge is 2.33. The predicted molar refractivity (Wildman–Crippen MR) is 138 cm³/mol. The summed E-state index contributed by atoms with van der Waals surface area (Å²) in [5, 5.41) is 21.3. The number of amides is 1. The lowest BCUT2D eigenvalue weighted by molar-refractivity contribution is -0.385. The molecule has 0 unspecified atom stereocenters. The van der Waals surface area contributed by atoms with Crippen LogP contribution >= 0.6 is 24.0 Å². The van der Waals surface area contributed by atoms with E-state index in [9.17, 15) is 19.7 Å². The summed E-state index contributed by atoms with van der Waals surface area (Å²) < 4.78 is 8.23. The highest BCUT2D eigenvalue weighted by atomic mass is 32.2. The molecule has 0 radical (unpaired) electrons. The monoisotopic (exact) mass is 511 g/mol. The van der Waals surface area contributed by atoms with Crippen molar-refractivity contribution in [3.8, 4) is 11.6 Å². The number of ether oxygens (including phenoxy) is 1. The maximum absolute atomic E-state index is 13.1. The van der Waals surface area contributed by atoms with Crippen LogP contribution in [-0.4, -0.2) is 42.2 Å². The third-order valence-electron chi connectivity index (χ3n) is 5.53. The van der Waals surface area contributed by atoms with E-state index < -0.39 is 10.9 Å². The van der Waals surface area contributed by atoms with Crippen molar-refractivity contribution in [1.29, 1.82) is 0 Å². The van der Waals surface area contributed by atoms with E-state index in [1.54, 1.807) is 36.7 Å². The molecule has 0 bridgehead atoms. The molecule has 3 aromatic rings. The van der Waals surface area contributed by atoms with Gasteiger partial charge < -0.3 is 14.4 Å². The van der Waals surface area contributed by atoms with E-state index in [1.165, 1.54) is 11.0 Å². The van der Waals surface area contributed by atoms with Gasteiger partial charge in [-0.2, -0.15) is 0 Å². The molecular weight excluding hydrogens is 490 g/mol. The molecule has 180 valence electrons. The fraction of sp³-hybridized carbons (Fsp3) is 0.208. The van der Waals surface area contributed by atoms with E-state index in [0.717, 1.165) is 28.2 Å². The van der Waals surface area contributed by atoms with E-state index in [0.29, 0.717) is 20.7 Å². The van der Waals surface area contributed by atoms with Crippen molar-refractivity contribution in [3.63, 3.8) is 0 Å². The number of carbonyl (C=O) groups is 2. The molecule has 2 aromatic carbocycles. The maximum atomic E-state index is 13.1. The number of hydrogen-bond donors (Lipinski definition) is 1. The summed E-state index contributed by atoms with van der Waals surface area (Å²) in [5.74, 6) is -0.823. The van der Waals surface area contributed by atoms with Crippen LogP contribution in [0.5, 0.6) is 11.6 Å². The molecule has 2 heterocycles. The Balaban J connectivity index is 1.76. The first-order valence-electron chi connectivity index (χ1n) is 10.6. The lowest BCUT2D eigenvalue weighted by Gasteiger charge is -2.13. The van der Waals surface area contributed by atoms with Gasteiger partial charge in [-0.15, -0.1) is 0 Å². The van der Waals surface area contributed by atoms with Gasteiger partial charge in [0.2, 0.25) is 11.6 Å². The molecule has 1 aliphatic heterocycles. The van der Waals surface area contributed by atoms with Gasteiger partial charge in [0, 0.05) is 37.0 Å². The maximum Gasteiger partial charge on any atom is 0.311 e. The standard InChI is InChI=1S/C24H21N3O6S2/c1-14-9-10-19(18(12-14)27(31)32)33-23-16(15-6-3-4-7-17(15)25(23)2)13-20-22(30)26(24(34)35-20)11-5-8-21(28)29/h3-4,6-7,9-10,12-13H,5,8,11H2,1-2H3,(H,28,29). The number of carboxylic acids is 1. The van der Waals surface area contributed by atoms with Crippen LogP contribution < -0.4 is 4.74 Å². The second kappa shape index (κ2) is 9.88. The highest BCUT2D eigenvalue weighted by Crippen LogP contribution is 2.41. The Bertz CT molecular complexity index is 1410. The van der Waals surface area contributed by atoms with Crippen molar-refractivity contribution in [2.75, 3.05) is 6.54 Å². The van der Waals surface area contributed by atoms with Crippen LogP contribution in [0.1, 0.15) is 24.0 Å². The number of nitro groups is 1. The van der Waals surface area contributed by atoms with Gasteiger partial charge in [0.15, 0.2) is 0 Å². The molecule has 0 atom stereocenters. The van der Waals surface area contributed by atoms with Crippen LogP contribution in [0.15, 0.2) is 47.4 Å². The first-order valence-corrected chi connectivity index (χ1v) is 11.9. The Hall–Kier alpha value is -3.70. The minimum atomic E-state index is -0.936. The number of carboxylic acid groups (broad SMARTS) is 1. The quantitative estimate of drug-likeness (QED) is 0.189. The second-order valence-corrected chi connectivity index (χ2v) is 9.63. The number of benzene rings is 2. The zero-order valence-corrected chi connectivity index (χ0v) is 20.5. The smallest absolute Gasteiger partial charge is 0.311 e. The Morgan fingerprint density at radius 2 is 2.03 bits per heavy atom. The molecule has 1 fully saturated rings. The average molecular weight is 512 g/mol. The Morgan fingerprint density at radius 1 is 1.29 bits per heavy atom. The number of rotatable bonds is 8. The van der Waals surface area contributed by atoms with Crippen molar-refractivity contribution >= 4 is 62.8 Å². The molecule has 1 N–H and O–H groups in total. The third-order valence-corrected chi connectivity index (χ3v) is 6.91. The second-order valence-electron chi connectivity index (χ2n) is 7.96. The Morgan fingerprint density at radius 3 is 2.74 bits per heavy atom. The number of nitro benzene ring substituents is 1. The van der Waals surface area contributed by atoms with Crippen molar-refractivity contribution < 1.29 is 24.4 Å². The van der Waals surface area contributed by atoms with E-state index in [-0.39, 0.29) is 36.7 Å². The largest absolute Gasteiger partial charge is 0.481 e. The molecular formula is C24H21N3O6S2. The van der Waals surface area contributed by atoms with Crippen LogP contribution in [0.25, 0.3) is 17.0 Å². The topological polar surface area (TPSA) is 115 Å². The van der Waals surface area contributed by atoms with Gasteiger partial charge in [0.05, 0.1) is 15.3 Å². The van der Waals surface area contributed by atoms with Gasteiger partial charge in [0.25, 0.3) is 5.91 Å². The fourth-order valence-corrected chi connectivity index (χ4v) is 5.13. The molecule has 35 heavy (non-hydrogen) atoms. The van der Waals surface area contributed by atoms with Gasteiger partial charge in [-0.25, -0.2) is 0 Å². The molecule has 0 saturated carbocycles. The number of fused-ring (bicyclic) bond motifs is 1. The number of carbonyl (C=O) groups excluding carboxylic acids is 1. The Kier molecular flexibility index (Phi) is 6.90. The molecule has 9 nitrogen and oxygen atoms in total. The molecule has 1 aliphatic rings. The van der Waals surface area contributed by atoms with Gasteiger partial charge in [-0.1, -0.05) is 48.2 Å².